The molecule has 0 aliphatic heterocycles. The van der Waals surface area contributed by atoms with Gasteiger partial charge in [0.2, 0.25) is 0 Å². The molecule has 2 saturated carbocycles. The lowest BCUT2D eigenvalue weighted by molar-refractivity contribution is 0.101. The Labute approximate surface area is 93.8 Å². The van der Waals surface area contributed by atoms with E-state index >= 15 is 0 Å². The number of nitrogens with one attached hydrogen (secondary N) is 1. The van der Waals surface area contributed by atoms with E-state index in [-0.39, 0.29) is 0 Å². The van der Waals surface area contributed by atoms with E-state index in [0.29, 0.717) is 6.04 Å². The van der Waals surface area contributed by atoms with Crippen molar-refractivity contribution in [1.29, 1.82) is 0 Å². The van der Waals surface area contributed by atoms with Crippen molar-refractivity contribution < 1.29 is 4.74 Å². The lowest BCUT2D eigenvalue weighted by Gasteiger charge is -2.14. The molecule has 15 heavy (non-hydrogen) atoms. The van der Waals surface area contributed by atoms with Gasteiger partial charge in [0.05, 0.1) is 6.61 Å². The zero-order valence-electron chi connectivity index (χ0n) is 10.0. The van der Waals surface area contributed by atoms with Crippen LogP contribution in [-0.4, -0.2) is 25.8 Å². The first kappa shape index (κ1) is 11.4. The summed E-state index contributed by atoms with van der Waals surface area (Å²) in [6.45, 7) is 5.23. The third-order valence-electron chi connectivity index (χ3n) is 3.87. The summed E-state index contributed by atoms with van der Waals surface area (Å²) in [5.74, 6) is 1.82. The molecule has 0 spiro atoms. The number of hydrogen-bond donors (Lipinski definition) is 1. The maximum Gasteiger partial charge on any atom is 0.0591 e. The quantitative estimate of drug-likeness (QED) is 0.654. The fourth-order valence-corrected chi connectivity index (χ4v) is 2.55. The van der Waals surface area contributed by atoms with Gasteiger partial charge in [-0.3, -0.25) is 0 Å². The molecular weight excluding hydrogens is 186 g/mol. The van der Waals surface area contributed by atoms with Crippen molar-refractivity contribution in [2.75, 3.05) is 19.8 Å². The van der Waals surface area contributed by atoms with Crippen LogP contribution in [0.3, 0.4) is 0 Å². The van der Waals surface area contributed by atoms with Crippen LogP contribution in [0.15, 0.2) is 0 Å². The minimum absolute atomic E-state index is 0.708. The Kier molecular flexibility index (Phi) is 4.45. The van der Waals surface area contributed by atoms with Gasteiger partial charge in [-0.2, -0.15) is 0 Å². The minimum Gasteiger partial charge on any atom is -0.380 e. The topological polar surface area (TPSA) is 21.3 Å². The van der Waals surface area contributed by atoms with Crippen LogP contribution < -0.4 is 5.32 Å². The summed E-state index contributed by atoms with van der Waals surface area (Å²) < 4.78 is 5.71. The van der Waals surface area contributed by atoms with Crippen LogP contribution in [0, 0.1) is 11.8 Å². The molecule has 1 atom stereocenters. The van der Waals surface area contributed by atoms with Gasteiger partial charge >= 0.3 is 0 Å². The second-order valence-corrected chi connectivity index (χ2v) is 5.31. The highest BCUT2D eigenvalue weighted by Crippen LogP contribution is 2.32. The molecule has 2 nitrogen and oxygen atoms in total. The van der Waals surface area contributed by atoms with E-state index in [1.165, 1.54) is 38.5 Å². The van der Waals surface area contributed by atoms with Crippen LogP contribution in [0.2, 0.25) is 0 Å². The summed E-state index contributed by atoms with van der Waals surface area (Å²) in [5, 5.41) is 3.54. The van der Waals surface area contributed by atoms with E-state index in [0.717, 1.165) is 31.6 Å². The molecule has 2 rings (SSSR count). The van der Waals surface area contributed by atoms with Crippen molar-refractivity contribution in [3.8, 4) is 0 Å². The lowest BCUT2D eigenvalue weighted by atomic mass is 10.1. The van der Waals surface area contributed by atoms with Crippen LogP contribution in [0.25, 0.3) is 0 Å². The van der Waals surface area contributed by atoms with E-state index < -0.39 is 0 Å². The van der Waals surface area contributed by atoms with E-state index in [9.17, 15) is 0 Å². The van der Waals surface area contributed by atoms with Gasteiger partial charge in [-0.1, -0.05) is 12.8 Å². The molecule has 0 heterocycles. The van der Waals surface area contributed by atoms with Gasteiger partial charge in [-0.15, -0.1) is 0 Å². The second kappa shape index (κ2) is 5.86. The van der Waals surface area contributed by atoms with Crippen LogP contribution >= 0.6 is 0 Å². The van der Waals surface area contributed by atoms with Gasteiger partial charge in [0.1, 0.15) is 0 Å². The maximum atomic E-state index is 5.71. The molecule has 0 saturated heterocycles. The second-order valence-electron chi connectivity index (χ2n) is 5.31. The predicted octanol–water partition coefficient (Wildman–Crippen LogP) is 2.58. The van der Waals surface area contributed by atoms with Crippen molar-refractivity contribution in [3.05, 3.63) is 0 Å². The molecule has 0 aromatic rings. The monoisotopic (exact) mass is 211 g/mol. The van der Waals surface area contributed by atoms with E-state index in [4.69, 9.17) is 4.74 Å². The Morgan fingerprint density at radius 2 is 1.93 bits per heavy atom. The van der Waals surface area contributed by atoms with E-state index in [1.54, 1.807) is 0 Å². The summed E-state index contributed by atoms with van der Waals surface area (Å²) in [5.41, 5.74) is 0. The molecular formula is C13H25NO. The molecule has 0 aromatic heterocycles. The molecule has 0 radical (unpaired) electrons. The maximum absolute atomic E-state index is 5.71. The summed E-state index contributed by atoms with van der Waals surface area (Å²) in [7, 11) is 0. The van der Waals surface area contributed by atoms with Crippen molar-refractivity contribution in [3.63, 3.8) is 0 Å². The van der Waals surface area contributed by atoms with Gasteiger partial charge in [0, 0.05) is 19.2 Å². The van der Waals surface area contributed by atoms with Crippen molar-refractivity contribution in [2.45, 2.75) is 51.5 Å². The van der Waals surface area contributed by atoms with Gasteiger partial charge in [-0.05, 0) is 44.4 Å². The molecule has 2 heteroatoms. The van der Waals surface area contributed by atoms with Crippen molar-refractivity contribution >= 4 is 0 Å². The molecule has 2 aliphatic carbocycles. The number of ether oxygens (including phenoxy) is 1. The largest absolute Gasteiger partial charge is 0.380 e. The molecule has 1 unspecified atom stereocenters. The first-order valence-corrected chi connectivity index (χ1v) is 6.67. The highest BCUT2D eigenvalue weighted by atomic mass is 16.5. The van der Waals surface area contributed by atoms with Gasteiger partial charge < -0.3 is 10.1 Å². The fourth-order valence-electron chi connectivity index (χ4n) is 2.55. The molecule has 0 bridgehead atoms. The Morgan fingerprint density at radius 3 is 2.60 bits per heavy atom. The third kappa shape index (κ3) is 4.12. The Bertz CT molecular complexity index is 169. The normalized spacial score (nSPS) is 24.6. The van der Waals surface area contributed by atoms with Crippen LogP contribution in [-0.2, 0) is 4.74 Å². The summed E-state index contributed by atoms with van der Waals surface area (Å²) >= 11 is 0. The minimum atomic E-state index is 0.708. The zero-order chi connectivity index (χ0) is 10.5. The van der Waals surface area contributed by atoms with Crippen LogP contribution in [0.1, 0.15) is 45.4 Å². The molecule has 2 fully saturated rings. The predicted molar refractivity (Wildman–Crippen MR) is 63.0 cm³/mol. The van der Waals surface area contributed by atoms with E-state index in [2.05, 4.69) is 12.2 Å². The average Bonchev–Trinajstić information content (AvgIpc) is 2.97. The summed E-state index contributed by atoms with van der Waals surface area (Å²) in [6, 6.07) is 0.708. The third-order valence-corrected chi connectivity index (χ3v) is 3.87. The van der Waals surface area contributed by atoms with Gasteiger partial charge in [0.25, 0.3) is 0 Å². The molecule has 2 aliphatic rings. The first-order valence-electron chi connectivity index (χ1n) is 6.67. The van der Waals surface area contributed by atoms with E-state index in [1.807, 2.05) is 0 Å². The van der Waals surface area contributed by atoms with Crippen LogP contribution in [0.5, 0.6) is 0 Å². The van der Waals surface area contributed by atoms with Gasteiger partial charge in [-0.25, -0.2) is 0 Å². The number of rotatable bonds is 7. The smallest absolute Gasteiger partial charge is 0.0591 e. The Balaban J connectivity index is 1.41. The summed E-state index contributed by atoms with van der Waals surface area (Å²) in [4.78, 5) is 0. The fraction of sp³-hybridized carbons (Fsp3) is 1.00. The summed E-state index contributed by atoms with van der Waals surface area (Å²) in [6.07, 6.45) is 8.49. The SMILES string of the molecule is CC(NCCOCC1CCCC1)C1CC1. The van der Waals surface area contributed by atoms with Crippen molar-refractivity contribution in [1.82, 2.24) is 5.32 Å². The molecule has 0 aromatic carbocycles. The van der Waals surface area contributed by atoms with Gasteiger partial charge in [0.15, 0.2) is 0 Å². The Hall–Kier alpha value is -0.0800. The standard InChI is InChI=1S/C13H25NO/c1-11(13-6-7-13)14-8-9-15-10-12-4-2-3-5-12/h11-14H,2-10H2,1H3. The zero-order valence-corrected chi connectivity index (χ0v) is 10.0. The Morgan fingerprint density at radius 1 is 1.20 bits per heavy atom. The van der Waals surface area contributed by atoms with Crippen LogP contribution in [0.4, 0.5) is 0 Å². The molecule has 0 amide bonds. The molecule has 88 valence electrons. The van der Waals surface area contributed by atoms with Crippen molar-refractivity contribution in [2.24, 2.45) is 11.8 Å². The highest BCUT2D eigenvalue weighted by molar-refractivity contribution is 4.82. The molecule has 1 N–H and O–H groups in total. The first-order chi connectivity index (χ1) is 7.36. The highest BCUT2D eigenvalue weighted by Gasteiger charge is 2.27. The lowest BCUT2D eigenvalue weighted by Crippen LogP contribution is -2.31. The number of hydrogen-bond acceptors (Lipinski definition) is 2. The average molecular weight is 211 g/mol.